The van der Waals surface area contributed by atoms with Gasteiger partial charge >= 0.3 is 0 Å². The van der Waals surface area contributed by atoms with Crippen LogP contribution in [0.2, 0.25) is 0 Å². The molecule has 1 aliphatic rings. The number of terminal acetylenes is 1. The monoisotopic (exact) mass is 333 g/mol. The van der Waals surface area contributed by atoms with Gasteiger partial charge in [0.25, 0.3) is 5.56 Å². The number of nitrogens with zero attached hydrogens (tertiary/aromatic N) is 4. The molecule has 1 aliphatic carbocycles. The van der Waals surface area contributed by atoms with Crippen LogP contribution in [0.25, 0.3) is 11.0 Å². The van der Waals surface area contributed by atoms with Gasteiger partial charge in [0.1, 0.15) is 11.2 Å². The maximum absolute atomic E-state index is 12.3. The second-order valence-corrected chi connectivity index (χ2v) is 6.38. The average Bonchev–Trinajstić information content (AvgIpc) is 3.19. The van der Waals surface area contributed by atoms with Gasteiger partial charge in [0.15, 0.2) is 5.65 Å². The fraction of sp³-hybridized carbons (Fsp3) is 0.316. The van der Waals surface area contributed by atoms with E-state index in [1.54, 1.807) is 11.7 Å². The van der Waals surface area contributed by atoms with Crippen molar-refractivity contribution in [2.24, 2.45) is 7.05 Å². The molecule has 2 aromatic heterocycles. The molecular weight excluding hydrogens is 314 g/mol. The van der Waals surface area contributed by atoms with Crippen LogP contribution in [0.3, 0.4) is 0 Å². The lowest BCUT2D eigenvalue weighted by atomic mass is 10.1. The Kier molecular flexibility index (Phi) is 3.86. The number of aromatic amines is 1. The lowest BCUT2D eigenvalue weighted by molar-refractivity contribution is 0.208. The predicted octanol–water partition coefficient (Wildman–Crippen LogP) is 1.78. The summed E-state index contributed by atoms with van der Waals surface area (Å²) in [5, 5.41) is 4.61. The molecule has 1 N–H and O–H groups in total. The van der Waals surface area contributed by atoms with E-state index in [1.807, 2.05) is 0 Å². The van der Waals surface area contributed by atoms with E-state index in [0.717, 1.165) is 12.8 Å². The van der Waals surface area contributed by atoms with E-state index in [-0.39, 0.29) is 11.6 Å². The molecule has 0 unspecified atom stereocenters. The van der Waals surface area contributed by atoms with Crippen molar-refractivity contribution in [3.8, 4) is 12.3 Å². The van der Waals surface area contributed by atoms with Gasteiger partial charge in [-0.1, -0.05) is 30.2 Å². The Morgan fingerprint density at radius 3 is 3.12 bits per heavy atom. The minimum atomic E-state index is -0.166. The Balaban J connectivity index is 1.68. The van der Waals surface area contributed by atoms with Gasteiger partial charge in [-0.3, -0.25) is 14.4 Å². The summed E-state index contributed by atoms with van der Waals surface area (Å²) in [6.45, 7) is 1.01. The van der Waals surface area contributed by atoms with Crippen LogP contribution in [-0.2, 0) is 20.0 Å². The molecule has 4 rings (SSSR count). The number of rotatable bonds is 4. The number of benzene rings is 1. The second-order valence-electron chi connectivity index (χ2n) is 6.38. The molecule has 6 nitrogen and oxygen atoms in total. The fourth-order valence-corrected chi connectivity index (χ4v) is 3.65. The first kappa shape index (κ1) is 15.6. The minimum Gasteiger partial charge on any atom is -0.309 e. The topological polar surface area (TPSA) is 66.8 Å². The Hall–Kier alpha value is -2.91. The molecule has 2 heterocycles. The second kappa shape index (κ2) is 6.19. The molecule has 0 saturated carbocycles. The number of aryl methyl sites for hydroxylation is 2. The molecule has 6 heteroatoms. The van der Waals surface area contributed by atoms with Crippen molar-refractivity contribution in [2.45, 2.75) is 25.4 Å². The van der Waals surface area contributed by atoms with Crippen molar-refractivity contribution in [3.05, 3.63) is 57.8 Å². The van der Waals surface area contributed by atoms with Crippen molar-refractivity contribution < 1.29 is 0 Å². The summed E-state index contributed by atoms with van der Waals surface area (Å²) < 4.78 is 1.62. The standard InChI is InChI=1S/C19H19N5O/c1-3-10-24(16-9-8-13-6-4-5-7-14(13)16)12-17-21-18-15(19(25)22-17)11-20-23(18)2/h1,4-7,11,16H,8-10,12H2,2H3,(H,21,22,25)/t16-/m0/s1. The summed E-state index contributed by atoms with van der Waals surface area (Å²) in [6, 6.07) is 8.72. The van der Waals surface area contributed by atoms with Gasteiger partial charge in [-0.25, -0.2) is 4.98 Å². The minimum absolute atomic E-state index is 0.166. The Labute approximate surface area is 145 Å². The maximum atomic E-state index is 12.3. The number of hydrogen-bond donors (Lipinski definition) is 1. The molecule has 0 radical (unpaired) electrons. The first-order valence-corrected chi connectivity index (χ1v) is 8.33. The lowest BCUT2D eigenvalue weighted by Crippen LogP contribution is -2.29. The third kappa shape index (κ3) is 2.73. The van der Waals surface area contributed by atoms with Gasteiger partial charge in [0.2, 0.25) is 0 Å². The Morgan fingerprint density at radius 1 is 1.44 bits per heavy atom. The molecule has 0 fully saturated rings. The number of aromatic nitrogens is 4. The van der Waals surface area contributed by atoms with Crippen LogP contribution in [0.1, 0.15) is 29.4 Å². The summed E-state index contributed by atoms with van der Waals surface area (Å²) in [5.41, 5.74) is 3.12. The maximum Gasteiger partial charge on any atom is 0.262 e. The predicted molar refractivity (Wildman–Crippen MR) is 95.9 cm³/mol. The lowest BCUT2D eigenvalue weighted by Gasteiger charge is -2.27. The molecule has 126 valence electrons. The number of nitrogens with one attached hydrogen (secondary N) is 1. The molecule has 0 spiro atoms. The highest BCUT2D eigenvalue weighted by Gasteiger charge is 2.27. The average molecular weight is 333 g/mol. The largest absolute Gasteiger partial charge is 0.309 e. The summed E-state index contributed by atoms with van der Waals surface area (Å²) in [4.78, 5) is 21.9. The smallest absolute Gasteiger partial charge is 0.262 e. The van der Waals surface area contributed by atoms with E-state index in [2.05, 4.69) is 50.2 Å². The van der Waals surface area contributed by atoms with Crippen LogP contribution >= 0.6 is 0 Å². The van der Waals surface area contributed by atoms with Gasteiger partial charge < -0.3 is 4.98 Å². The molecule has 0 bridgehead atoms. The number of fused-ring (bicyclic) bond motifs is 2. The highest BCUT2D eigenvalue weighted by molar-refractivity contribution is 5.72. The van der Waals surface area contributed by atoms with E-state index in [0.29, 0.717) is 29.9 Å². The first-order valence-electron chi connectivity index (χ1n) is 8.33. The summed E-state index contributed by atoms with van der Waals surface area (Å²) in [7, 11) is 1.78. The van der Waals surface area contributed by atoms with Crippen molar-refractivity contribution in [1.29, 1.82) is 0 Å². The third-order valence-electron chi connectivity index (χ3n) is 4.84. The van der Waals surface area contributed by atoms with E-state index in [1.165, 1.54) is 17.3 Å². The zero-order chi connectivity index (χ0) is 17.4. The van der Waals surface area contributed by atoms with Crippen molar-refractivity contribution >= 4 is 11.0 Å². The van der Waals surface area contributed by atoms with Gasteiger partial charge in [-0.2, -0.15) is 5.10 Å². The highest BCUT2D eigenvalue weighted by Crippen LogP contribution is 2.35. The van der Waals surface area contributed by atoms with Crippen LogP contribution in [0.5, 0.6) is 0 Å². The third-order valence-corrected chi connectivity index (χ3v) is 4.84. The van der Waals surface area contributed by atoms with Crippen molar-refractivity contribution in [2.75, 3.05) is 6.54 Å². The quantitative estimate of drug-likeness (QED) is 0.739. The molecule has 0 amide bonds. The highest BCUT2D eigenvalue weighted by atomic mass is 16.1. The number of hydrogen-bond acceptors (Lipinski definition) is 4. The fourth-order valence-electron chi connectivity index (χ4n) is 3.65. The molecule has 0 saturated heterocycles. The van der Waals surface area contributed by atoms with Crippen LogP contribution in [-0.4, -0.2) is 31.2 Å². The normalized spacial score (nSPS) is 16.3. The van der Waals surface area contributed by atoms with E-state index in [4.69, 9.17) is 6.42 Å². The van der Waals surface area contributed by atoms with Crippen LogP contribution in [0, 0.1) is 12.3 Å². The van der Waals surface area contributed by atoms with Crippen molar-refractivity contribution in [3.63, 3.8) is 0 Å². The first-order chi connectivity index (χ1) is 12.2. The summed E-state index contributed by atoms with van der Waals surface area (Å²) in [5.74, 6) is 3.35. The van der Waals surface area contributed by atoms with Gasteiger partial charge in [0.05, 0.1) is 19.3 Å². The summed E-state index contributed by atoms with van der Waals surface area (Å²) in [6.07, 6.45) is 9.21. The van der Waals surface area contributed by atoms with Gasteiger partial charge in [-0.15, -0.1) is 6.42 Å². The Morgan fingerprint density at radius 2 is 2.28 bits per heavy atom. The van der Waals surface area contributed by atoms with Crippen molar-refractivity contribution in [1.82, 2.24) is 24.6 Å². The SMILES string of the molecule is C#CCN(Cc1nc2c(cnn2C)c(=O)[nH]1)[C@H]1CCc2ccccc21. The zero-order valence-electron chi connectivity index (χ0n) is 14.1. The molecule has 25 heavy (non-hydrogen) atoms. The summed E-state index contributed by atoms with van der Waals surface area (Å²) >= 11 is 0. The van der Waals surface area contributed by atoms with Gasteiger partial charge in [0, 0.05) is 13.1 Å². The van der Waals surface area contributed by atoms with E-state index < -0.39 is 0 Å². The zero-order valence-corrected chi connectivity index (χ0v) is 14.1. The molecule has 0 aliphatic heterocycles. The number of H-pyrrole nitrogens is 1. The van der Waals surface area contributed by atoms with Crippen LogP contribution < -0.4 is 5.56 Å². The molecular formula is C19H19N5O. The van der Waals surface area contributed by atoms with E-state index >= 15 is 0 Å². The Bertz CT molecular complexity index is 1030. The van der Waals surface area contributed by atoms with Gasteiger partial charge in [-0.05, 0) is 24.0 Å². The van der Waals surface area contributed by atoms with Crippen LogP contribution in [0.15, 0.2) is 35.3 Å². The molecule has 3 aromatic rings. The van der Waals surface area contributed by atoms with E-state index in [9.17, 15) is 4.79 Å². The van der Waals surface area contributed by atoms with Crippen LogP contribution in [0.4, 0.5) is 0 Å². The molecule has 1 aromatic carbocycles. The molecule has 1 atom stereocenters.